The van der Waals surface area contributed by atoms with E-state index in [1.807, 2.05) is 12.1 Å². The standard InChI is InChI=1S/C12H11N5S.ClH/c13-4-3-9-8(7-18-12(14)15)6-17-10-2-1-5-16-11(9)10;/h1-2,5-6H,3,7H2,(H3,14,15);1H. The molecule has 0 unspecified atom stereocenters. The zero-order valence-electron chi connectivity index (χ0n) is 9.96. The Morgan fingerprint density at radius 1 is 1.47 bits per heavy atom. The summed E-state index contributed by atoms with van der Waals surface area (Å²) >= 11 is 1.22. The number of nitrogens with one attached hydrogen (secondary N) is 1. The maximum Gasteiger partial charge on any atom is 0.151 e. The lowest BCUT2D eigenvalue weighted by Crippen LogP contribution is -2.05. The number of hydrogen-bond donors (Lipinski definition) is 2. The number of nitrogens with two attached hydrogens (primary N) is 1. The van der Waals surface area contributed by atoms with Crippen molar-refractivity contribution in [1.29, 1.82) is 10.7 Å². The lowest BCUT2D eigenvalue weighted by molar-refractivity contribution is 1.16. The van der Waals surface area contributed by atoms with Gasteiger partial charge >= 0.3 is 0 Å². The van der Waals surface area contributed by atoms with E-state index in [0.717, 1.165) is 22.2 Å². The van der Waals surface area contributed by atoms with E-state index >= 15 is 0 Å². The Bertz CT molecular complexity index is 638. The van der Waals surface area contributed by atoms with Crippen molar-refractivity contribution in [2.75, 3.05) is 0 Å². The lowest BCUT2D eigenvalue weighted by atomic mass is 10.1. The van der Waals surface area contributed by atoms with Gasteiger partial charge in [-0.15, -0.1) is 12.4 Å². The summed E-state index contributed by atoms with van der Waals surface area (Å²) < 4.78 is 0. The number of pyridine rings is 2. The SMILES string of the molecule is Cl.N#CCc1c(CSC(=N)N)cnc2cccnc12. The van der Waals surface area contributed by atoms with Gasteiger partial charge in [-0.05, 0) is 23.3 Å². The lowest BCUT2D eigenvalue weighted by Gasteiger charge is -2.08. The molecular weight excluding hydrogens is 282 g/mol. The summed E-state index contributed by atoms with van der Waals surface area (Å²) in [6.45, 7) is 0. The first kappa shape index (κ1) is 15.2. The van der Waals surface area contributed by atoms with Crippen LogP contribution in [0.25, 0.3) is 11.0 Å². The van der Waals surface area contributed by atoms with Crippen LogP contribution in [0.4, 0.5) is 0 Å². The molecular formula is C12H12ClN5S. The van der Waals surface area contributed by atoms with E-state index in [-0.39, 0.29) is 24.0 Å². The summed E-state index contributed by atoms with van der Waals surface area (Å²) in [5.41, 5.74) is 8.63. The van der Waals surface area contributed by atoms with Crippen LogP contribution in [0.3, 0.4) is 0 Å². The van der Waals surface area contributed by atoms with Gasteiger partial charge in [-0.1, -0.05) is 11.8 Å². The molecule has 0 aliphatic carbocycles. The van der Waals surface area contributed by atoms with Crippen LogP contribution in [0, 0.1) is 16.7 Å². The third kappa shape index (κ3) is 3.56. The zero-order chi connectivity index (χ0) is 13.0. The number of aromatic nitrogens is 2. The van der Waals surface area contributed by atoms with Crippen molar-refractivity contribution >= 4 is 40.4 Å². The average Bonchev–Trinajstić information content (AvgIpc) is 2.38. The van der Waals surface area contributed by atoms with E-state index < -0.39 is 0 Å². The minimum Gasteiger partial charge on any atom is -0.379 e. The van der Waals surface area contributed by atoms with Gasteiger partial charge in [0.2, 0.25) is 0 Å². The van der Waals surface area contributed by atoms with Gasteiger partial charge < -0.3 is 5.73 Å². The van der Waals surface area contributed by atoms with E-state index in [2.05, 4.69) is 16.0 Å². The van der Waals surface area contributed by atoms with Gasteiger partial charge in [-0.3, -0.25) is 15.4 Å². The molecule has 2 heterocycles. The predicted molar refractivity (Wildman–Crippen MR) is 79.3 cm³/mol. The molecule has 0 spiro atoms. The van der Waals surface area contributed by atoms with Gasteiger partial charge in [0.25, 0.3) is 0 Å². The summed E-state index contributed by atoms with van der Waals surface area (Å²) in [5, 5.41) is 16.2. The summed E-state index contributed by atoms with van der Waals surface area (Å²) in [7, 11) is 0. The topological polar surface area (TPSA) is 99.4 Å². The van der Waals surface area contributed by atoms with Crippen molar-refractivity contribution < 1.29 is 0 Å². The molecule has 0 amide bonds. The van der Waals surface area contributed by atoms with Gasteiger partial charge in [0.15, 0.2) is 5.17 Å². The Morgan fingerprint density at radius 2 is 2.26 bits per heavy atom. The second-order valence-corrected chi connectivity index (χ2v) is 4.64. The summed E-state index contributed by atoms with van der Waals surface area (Å²) in [6, 6.07) is 5.82. The molecule has 0 bridgehead atoms. The minimum absolute atomic E-state index is 0. The fourth-order valence-corrected chi connectivity index (χ4v) is 2.23. The molecule has 0 atom stereocenters. The van der Waals surface area contributed by atoms with Crippen molar-refractivity contribution in [3.8, 4) is 6.07 Å². The van der Waals surface area contributed by atoms with Gasteiger partial charge in [-0.2, -0.15) is 5.26 Å². The van der Waals surface area contributed by atoms with Crippen LogP contribution in [-0.2, 0) is 12.2 Å². The first-order valence-electron chi connectivity index (χ1n) is 5.27. The number of halogens is 1. The van der Waals surface area contributed by atoms with Crippen LogP contribution >= 0.6 is 24.2 Å². The van der Waals surface area contributed by atoms with Gasteiger partial charge in [0.1, 0.15) is 0 Å². The molecule has 0 aliphatic heterocycles. The molecule has 5 nitrogen and oxygen atoms in total. The van der Waals surface area contributed by atoms with Crippen molar-refractivity contribution in [1.82, 2.24) is 9.97 Å². The highest BCUT2D eigenvalue weighted by atomic mass is 35.5. The summed E-state index contributed by atoms with van der Waals surface area (Å²) in [6.07, 6.45) is 3.70. The molecule has 0 aromatic carbocycles. The van der Waals surface area contributed by atoms with Crippen molar-refractivity contribution in [3.63, 3.8) is 0 Å². The molecule has 2 aromatic heterocycles. The Balaban J connectivity index is 0.00000180. The van der Waals surface area contributed by atoms with Crippen LogP contribution in [0.1, 0.15) is 11.1 Å². The van der Waals surface area contributed by atoms with Crippen LogP contribution in [0.2, 0.25) is 0 Å². The molecule has 3 N–H and O–H groups in total. The van der Waals surface area contributed by atoms with E-state index in [1.165, 1.54) is 11.8 Å². The molecule has 98 valence electrons. The second-order valence-electron chi connectivity index (χ2n) is 3.62. The first-order chi connectivity index (χ1) is 8.72. The quantitative estimate of drug-likeness (QED) is 0.668. The van der Waals surface area contributed by atoms with Gasteiger partial charge in [0, 0.05) is 18.1 Å². The Kier molecular flexibility index (Phi) is 5.55. The molecule has 0 saturated heterocycles. The van der Waals surface area contributed by atoms with Crippen molar-refractivity contribution in [2.24, 2.45) is 5.73 Å². The molecule has 2 aromatic rings. The summed E-state index contributed by atoms with van der Waals surface area (Å²) in [5.74, 6) is 0.534. The maximum atomic E-state index is 8.91. The van der Waals surface area contributed by atoms with Crippen molar-refractivity contribution in [3.05, 3.63) is 35.7 Å². The summed E-state index contributed by atoms with van der Waals surface area (Å²) in [4.78, 5) is 8.59. The second kappa shape index (κ2) is 6.92. The number of thioether (sulfide) groups is 1. The Labute approximate surface area is 121 Å². The number of nitriles is 1. The highest BCUT2D eigenvalue weighted by Crippen LogP contribution is 2.22. The normalized spacial score (nSPS) is 9.63. The molecule has 7 heteroatoms. The van der Waals surface area contributed by atoms with Gasteiger partial charge in [-0.25, -0.2) is 0 Å². The number of fused-ring (bicyclic) bond motifs is 1. The smallest absolute Gasteiger partial charge is 0.151 e. The van der Waals surface area contributed by atoms with Crippen LogP contribution < -0.4 is 5.73 Å². The Hall–Kier alpha value is -1.84. The van der Waals surface area contributed by atoms with Crippen LogP contribution in [-0.4, -0.2) is 15.1 Å². The van der Waals surface area contributed by atoms with Crippen LogP contribution in [0.15, 0.2) is 24.5 Å². The molecule has 0 fully saturated rings. The molecule has 0 aliphatic rings. The molecule has 2 rings (SSSR count). The third-order valence-corrected chi connectivity index (χ3v) is 3.22. The number of rotatable bonds is 3. The minimum atomic E-state index is 0. The maximum absolute atomic E-state index is 8.91. The first-order valence-corrected chi connectivity index (χ1v) is 6.26. The number of nitrogens with zero attached hydrogens (tertiary/aromatic N) is 3. The average molecular weight is 294 g/mol. The zero-order valence-corrected chi connectivity index (χ0v) is 11.6. The third-order valence-electron chi connectivity index (χ3n) is 2.46. The fraction of sp³-hybridized carbons (Fsp3) is 0.167. The van der Waals surface area contributed by atoms with Crippen LogP contribution in [0.5, 0.6) is 0 Å². The largest absolute Gasteiger partial charge is 0.379 e. The van der Waals surface area contributed by atoms with E-state index in [9.17, 15) is 0 Å². The molecule has 0 saturated carbocycles. The van der Waals surface area contributed by atoms with E-state index in [4.69, 9.17) is 16.4 Å². The highest BCUT2D eigenvalue weighted by Gasteiger charge is 2.10. The fourth-order valence-electron chi connectivity index (χ4n) is 1.67. The monoisotopic (exact) mass is 293 g/mol. The van der Waals surface area contributed by atoms with E-state index in [0.29, 0.717) is 5.75 Å². The molecule has 0 radical (unpaired) electrons. The number of hydrogen-bond acceptors (Lipinski definition) is 5. The van der Waals surface area contributed by atoms with Gasteiger partial charge in [0.05, 0.1) is 23.5 Å². The number of amidine groups is 1. The van der Waals surface area contributed by atoms with E-state index in [1.54, 1.807) is 12.4 Å². The predicted octanol–water partition coefficient (Wildman–Crippen LogP) is 2.24. The Morgan fingerprint density at radius 3 is 2.95 bits per heavy atom. The van der Waals surface area contributed by atoms with Crippen molar-refractivity contribution in [2.45, 2.75) is 12.2 Å². The molecule has 19 heavy (non-hydrogen) atoms. The highest BCUT2D eigenvalue weighted by molar-refractivity contribution is 8.13.